The maximum atomic E-state index is 12.3. The molecule has 5 N–H and O–H groups in total. The summed E-state index contributed by atoms with van der Waals surface area (Å²) >= 11 is 0. The molecule has 2 aliphatic carbocycles. The number of fused-ring (bicyclic) bond motifs is 2. The van der Waals surface area contributed by atoms with E-state index in [-0.39, 0.29) is 28.5 Å². The van der Waals surface area contributed by atoms with Crippen LogP contribution in [0, 0.1) is 16.7 Å². The summed E-state index contributed by atoms with van der Waals surface area (Å²) in [5, 5.41) is 6.55. The lowest BCUT2D eigenvalue weighted by Gasteiger charge is -2.31. The van der Waals surface area contributed by atoms with Crippen molar-refractivity contribution in [1.82, 2.24) is 0 Å². The maximum Gasteiger partial charge on any atom is 0.362 e. The lowest BCUT2D eigenvalue weighted by atomic mass is 9.70. The van der Waals surface area contributed by atoms with Gasteiger partial charge in [0, 0.05) is 11.3 Å². The Labute approximate surface area is 95.0 Å². The lowest BCUT2D eigenvalue weighted by Crippen LogP contribution is -2.73. The molecule has 0 aromatic rings. The predicted molar refractivity (Wildman–Crippen MR) is 61.4 cm³/mol. The van der Waals surface area contributed by atoms with E-state index in [9.17, 15) is 4.79 Å². The highest BCUT2D eigenvalue weighted by molar-refractivity contribution is 6.45. The molecule has 2 rings (SSSR count). The summed E-state index contributed by atoms with van der Waals surface area (Å²) in [6.45, 7) is 6.31. The van der Waals surface area contributed by atoms with Crippen molar-refractivity contribution in [2.24, 2.45) is 33.3 Å². The highest BCUT2D eigenvalue weighted by Gasteiger charge is 2.65. The largest absolute Gasteiger partial charge is 0.362 e. The summed E-state index contributed by atoms with van der Waals surface area (Å²) in [6.07, 6.45) is 1.96. The van der Waals surface area contributed by atoms with Gasteiger partial charge in [-0.05, 0) is 18.3 Å². The molecule has 0 aliphatic heterocycles. The summed E-state index contributed by atoms with van der Waals surface area (Å²) in [7, 11) is 0. The first-order valence-electron chi connectivity index (χ1n) is 5.57. The zero-order valence-corrected chi connectivity index (χ0v) is 10.0. The first-order chi connectivity index (χ1) is 7.30. The highest BCUT2D eigenvalue weighted by atomic mass is 16.1. The molecule has 0 aromatic carbocycles. The fourth-order valence-electron chi connectivity index (χ4n) is 3.08. The van der Waals surface area contributed by atoms with E-state index < -0.39 is 0 Å². The molecule has 0 unspecified atom stereocenters. The molecule has 0 spiro atoms. The van der Waals surface area contributed by atoms with Crippen molar-refractivity contribution in [3.63, 3.8) is 0 Å². The Morgan fingerprint density at radius 3 is 2.50 bits per heavy atom. The fraction of sp³-hybridized carbons (Fsp3) is 0.727. The zero-order valence-electron chi connectivity index (χ0n) is 10.0. The number of guanidine groups is 1. The van der Waals surface area contributed by atoms with Gasteiger partial charge in [0.15, 0.2) is 5.78 Å². The van der Waals surface area contributed by atoms with Crippen molar-refractivity contribution in [3.8, 4) is 0 Å². The van der Waals surface area contributed by atoms with Crippen LogP contribution < -0.4 is 16.6 Å². The Morgan fingerprint density at radius 2 is 2.06 bits per heavy atom. The minimum absolute atomic E-state index is 0.0195. The normalized spacial score (nSPS) is 38.1. The Bertz CT molecular complexity index is 406. The molecule has 0 aromatic heterocycles. The molecule has 2 saturated carbocycles. The minimum Gasteiger partial charge on any atom is -0.292 e. The molecule has 2 bridgehead atoms. The van der Waals surface area contributed by atoms with Gasteiger partial charge < -0.3 is 0 Å². The number of nitrogens with two attached hydrogens (primary N) is 2. The molecule has 0 heterocycles. The van der Waals surface area contributed by atoms with Crippen LogP contribution in [0.3, 0.4) is 0 Å². The average molecular weight is 223 g/mol. The van der Waals surface area contributed by atoms with E-state index in [4.69, 9.17) is 11.5 Å². The van der Waals surface area contributed by atoms with E-state index in [1.165, 1.54) is 0 Å². The topological polar surface area (TPSA) is 95.4 Å². The number of hydrazone groups is 1. The van der Waals surface area contributed by atoms with Gasteiger partial charge in [0.1, 0.15) is 5.71 Å². The Kier molecular flexibility index (Phi) is 2.12. The van der Waals surface area contributed by atoms with Crippen LogP contribution in [-0.4, -0.2) is 17.5 Å². The average Bonchev–Trinajstić information content (AvgIpc) is 2.47. The van der Waals surface area contributed by atoms with E-state index in [1.807, 2.05) is 6.92 Å². The number of ketones is 1. The van der Waals surface area contributed by atoms with Gasteiger partial charge >= 0.3 is 5.96 Å². The zero-order chi connectivity index (χ0) is 12.1. The molecule has 16 heavy (non-hydrogen) atoms. The molecular formula is C11H19N4O+. The second kappa shape index (κ2) is 3.06. The number of Topliss-reactive ketones (excluding diaryl/α,β-unsaturated/α-hetero) is 1. The van der Waals surface area contributed by atoms with E-state index in [0.29, 0.717) is 5.71 Å². The molecule has 5 heteroatoms. The summed E-state index contributed by atoms with van der Waals surface area (Å²) in [6, 6.07) is 0. The molecule has 2 fully saturated rings. The van der Waals surface area contributed by atoms with E-state index in [1.54, 1.807) is 0 Å². The van der Waals surface area contributed by atoms with Crippen LogP contribution in [0.4, 0.5) is 0 Å². The number of hydrogen-bond acceptors (Lipinski definition) is 2. The number of nitrogens with zero attached hydrogens (tertiary/aromatic N) is 1. The molecule has 2 aliphatic rings. The second-order valence-corrected chi connectivity index (χ2v) is 5.54. The van der Waals surface area contributed by atoms with Gasteiger partial charge in [-0.15, -0.1) is 5.10 Å². The van der Waals surface area contributed by atoms with Crippen LogP contribution in [0.5, 0.6) is 0 Å². The van der Waals surface area contributed by atoms with Crippen molar-refractivity contribution in [2.75, 3.05) is 0 Å². The molecule has 88 valence electrons. The summed E-state index contributed by atoms with van der Waals surface area (Å²) in [5.41, 5.74) is 10.9. The van der Waals surface area contributed by atoms with Crippen LogP contribution in [-0.2, 0) is 4.79 Å². The molecule has 0 saturated heterocycles. The van der Waals surface area contributed by atoms with Gasteiger partial charge in [0.2, 0.25) is 0 Å². The SMILES string of the molecule is CC1(C)[C@@H]2CC[C@]1(C)C(=O)/C2=N/[NH+]=C(N)N. The van der Waals surface area contributed by atoms with Crippen LogP contribution in [0.1, 0.15) is 33.6 Å². The number of carbonyl (C=O) groups excluding carboxylic acids is 1. The van der Waals surface area contributed by atoms with Crippen molar-refractivity contribution >= 4 is 17.5 Å². The minimum atomic E-state index is -0.276. The van der Waals surface area contributed by atoms with Gasteiger partial charge in [0.05, 0.1) is 0 Å². The molecule has 0 radical (unpaired) electrons. The van der Waals surface area contributed by atoms with Crippen LogP contribution in [0.15, 0.2) is 5.10 Å². The number of rotatable bonds is 1. The Morgan fingerprint density at radius 1 is 1.44 bits per heavy atom. The van der Waals surface area contributed by atoms with Crippen LogP contribution >= 0.6 is 0 Å². The quantitative estimate of drug-likeness (QED) is 0.293. The second-order valence-electron chi connectivity index (χ2n) is 5.54. The summed E-state index contributed by atoms with van der Waals surface area (Å²) in [5.74, 6) is 0.380. The lowest BCUT2D eigenvalue weighted by molar-refractivity contribution is -0.464. The smallest absolute Gasteiger partial charge is 0.292 e. The molecule has 0 amide bonds. The summed E-state index contributed by atoms with van der Waals surface area (Å²) in [4.78, 5) is 12.3. The first-order valence-corrected chi connectivity index (χ1v) is 5.57. The highest BCUT2D eigenvalue weighted by Crippen LogP contribution is 2.62. The number of nitrogens with one attached hydrogen (secondary N) is 1. The fourth-order valence-corrected chi connectivity index (χ4v) is 3.08. The van der Waals surface area contributed by atoms with Crippen LogP contribution in [0.2, 0.25) is 0 Å². The number of carbonyl (C=O) groups is 1. The van der Waals surface area contributed by atoms with Gasteiger partial charge in [-0.2, -0.15) is 5.10 Å². The van der Waals surface area contributed by atoms with Gasteiger partial charge in [-0.25, -0.2) is 0 Å². The van der Waals surface area contributed by atoms with E-state index in [2.05, 4.69) is 24.1 Å². The molecule has 5 nitrogen and oxygen atoms in total. The molecule has 2 atom stereocenters. The van der Waals surface area contributed by atoms with E-state index >= 15 is 0 Å². The predicted octanol–water partition coefficient (Wildman–Crippen LogP) is -1.28. The van der Waals surface area contributed by atoms with Crippen molar-refractivity contribution in [2.45, 2.75) is 33.6 Å². The summed E-state index contributed by atoms with van der Waals surface area (Å²) < 4.78 is 0. The third kappa shape index (κ3) is 1.14. The van der Waals surface area contributed by atoms with Gasteiger partial charge in [-0.1, -0.05) is 20.8 Å². The van der Waals surface area contributed by atoms with E-state index in [0.717, 1.165) is 12.8 Å². The maximum absolute atomic E-state index is 12.3. The standard InChI is InChI=1S/C11H18N4O/c1-10(2)6-4-5-11(10,3)8(16)7(6)14-15-9(12)13/h6H,4-5H2,1-3H3,(H4,12,13,15)/p+1/b14-7+/t6-,11-/m1/s1. The Balaban J connectivity index is 2.45. The third-order valence-corrected chi connectivity index (χ3v) is 4.60. The van der Waals surface area contributed by atoms with Crippen molar-refractivity contribution in [1.29, 1.82) is 0 Å². The first kappa shape index (κ1) is 11.1. The van der Waals surface area contributed by atoms with Crippen molar-refractivity contribution in [3.05, 3.63) is 0 Å². The van der Waals surface area contributed by atoms with Gasteiger partial charge in [-0.3, -0.25) is 16.3 Å². The number of hydrogen-bond donors (Lipinski definition) is 3. The van der Waals surface area contributed by atoms with Crippen LogP contribution in [0.25, 0.3) is 0 Å². The van der Waals surface area contributed by atoms with Gasteiger partial charge in [0.25, 0.3) is 0 Å². The Hall–Kier alpha value is -1.39. The third-order valence-electron chi connectivity index (χ3n) is 4.60. The van der Waals surface area contributed by atoms with Crippen molar-refractivity contribution < 1.29 is 9.90 Å². The molecular weight excluding hydrogens is 204 g/mol. The monoisotopic (exact) mass is 223 g/mol.